The van der Waals surface area contributed by atoms with E-state index in [4.69, 9.17) is 39.5 Å². The second-order valence-electron chi connectivity index (χ2n) is 6.50. The van der Waals surface area contributed by atoms with E-state index in [1.807, 2.05) is 33.0 Å². The second-order valence-corrected chi connectivity index (χ2v) is 8.67. The number of benzene rings is 2. The van der Waals surface area contributed by atoms with Crippen LogP contribution in [0.5, 0.6) is 5.75 Å². The van der Waals surface area contributed by atoms with Gasteiger partial charge in [-0.3, -0.25) is 4.79 Å². The summed E-state index contributed by atoms with van der Waals surface area (Å²) in [6.45, 7) is 3.80. The van der Waals surface area contributed by atoms with Crippen LogP contribution in [0.4, 0.5) is 5.69 Å². The van der Waals surface area contributed by atoms with Crippen molar-refractivity contribution in [2.45, 2.75) is 25.1 Å². The summed E-state index contributed by atoms with van der Waals surface area (Å²) in [4.78, 5) is 12.3. The Bertz CT molecular complexity index is 1050. The van der Waals surface area contributed by atoms with Gasteiger partial charge in [0.05, 0.1) is 21.5 Å². The van der Waals surface area contributed by atoms with E-state index in [0.717, 1.165) is 5.56 Å². The number of halogens is 3. The molecule has 0 saturated carbocycles. The normalized spacial score (nSPS) is 11.9. The van der Waals surface area contributed by atoms with E-state index in [-0.39, 0.29) is 17.8 Å². The molecule has 3 rings (SSSR count). The van der Waals surface area contributed by atoms with Crippen LogP contribution in [0.3, 0.4) is 0 Å². The Balaban J connectivity index is 1.62. The highest BCUT2D eigenvalue weighted by atomic mass is 35.5. The van der Waals surface area contributed by atoms with Crippen LogP contribution in [0.15, 0.2) is 41.6 Å². The summed E-state index contributed by atoms with van der Waals surface area (Å²) in [5.41, 5.74) is 1.32. The van der Waals surface area contributed by atoms with Crippen LogP contribution in [0.1, 0.15) is 24.4 Å². The number of aryl methyl sites for hydroxylation is 1. The first-order valence-corrected chi connectivity index (χ1v) is 11.1. The van der Waals surface area contributed by atoms with Gasteiger partial charge in [0.1, 0.15) is 5.75 Å². The largest absolute Gasteiger partial charge is 0.483 e. The van der Waals surface area contributed by atoms with Crippen LogP contribution in [-0.4, -0.2) is 26.4 Å². The van der Waals surface area contributed by atoms with Crippen molar-refractivity contribution in [2.75, 3.05) is 11.1 Å². The standard InChI is InChI=1S/C20H19Cl3N4O2S/c1-11-9-13(7-8-14(11)21)29-12(2)19-25-26-20(27(19)3)30-10-17(28)24-18-15(22)5-4-6-16(18)23/h4-9,12H,10H2,1-3H3,(H,24,28). The molecule has 0 bridgehead atoms. The first-order chi connectivity index (χ1) is 14.3. The number of nitrogens with one attached hydrogen (secondary N) is 1. The summed E-state index contributed by atoms with van der Waals surface area (Å²) < 4.78 is 7.76. The molecule has 0 spiro atoms. The number of para-hydroxylation sites is 1. The third-order valence-electron chi connectivity index (χ3n) is 4.23. The van der Waals surface area contributed by atoms with E-state index >= 15 is 0 Å². The molecule has 1 amide bonds. The van der Waals surface area contributed by atoms with Crippen molar-refractivity contribution in [3.05, 3.63) is 62.9 Å². The minimum Gasteiger partial charge on any atom is -0.483 e. The van der Waals surface area contributed by atoms with Crippen molar-refractivity contribution in [2.24, 2.45) is 7.05 Å². The fraction of sp³-hybridized carbons (Fsp3) is 0.250. The van der Waals surface area contributed by atoms with Crippen LogP contribution in [0.2, 0.25) is 15.1 Å². The molecule has 0 aliphatic heterocycles. The van der Waals surface area contributed by atoms with Crippen molar-refractivity contribution >= 4 is 58.2 Å². The summed E-state index contributed by atoms with van der Waals surface area (Å²) in [6.07, 6.45) is -0.340. The molecular formula is C20H19Cl3N4O2S. The summed E-state index contributed by atoms with van der Waals surface area (Å²) in [7, 11) is 1.83. The predicted octanol–water partition coefficient (Wildman–Crippen LogP) is 5.95. The number of rotatable bonds is 7. The van der Waals surface area contributed by atoms with Crippen molar-refractivity contribution in [3.8, 4) is 5.75 Å². The van der Waals surface area contributed by atoms with Crippen LogP contribution < -0.4 is 10.1 Å². The highest BCUT2D eigenvalue weighted by molar-refractivity contribution is 7.99. The number of carbonyl (C=O) groups is 1. The summed E-state index contributed by atoms with van der Waals surface area (Å²) >= 11 is 19.5. The Morgan fingerprint density at radius 1 is 1.17 bits per heavy atom. The zero-order valence-electron chi connectivity index (χ0n) is 16.4. The number of amides is 1. The summed E-state index contributed by atoms with van der Waals surface area (Å²) in [5, 5.41) is 13.1. The smallest absolute Gasteiger partial charge is 0.234 e. The minimum atomic E-state index is -0.340. The fourth-order valence-electron chi connectivity index (χ4n) is 2.68. The highest BCUT2D eigenvalue weighted by Crippen LogP contribution is 2.30. The molecule has 6 nitrogen and oxygen atoms in total. The first-order valence-electron chi connectivity index (χ1n) is 8.95. The monoisotopic (exact) mass is 484 g/mol. The molecule has 2 aromatic carbocycles. The molecule has 1 heterocycles. The molecule has 3 aromatic rings. The lowest BCUT2D eigenvalue weighted by Gasteiger charge is -2.15. The third kappa shape index (κ3) is 5.40. The molecule has 0 saturated heterocycles. The van der Waals surface area contributed by atoms with E-state index in [1.165, 1.54) is 11.8 Å². The summed E-state index contributed by atoms with van der Waals surface area (Å²) in [6, 6.07) is 10.5. The average Bonchev–Trinajstić information content (AvgIpc) is 3.06. The Hall–Kier alpha value is -1.93. The van der Waals surface area contributed by atoms with Gasteiger partial charge in [-0.05, 0) is 49.7 Å². The topological polar surface area (TPSA) is 69.0 Å². The van der Waals surface area contributed by atoms with Crippen LogP contribution >= 0.6 is 46.6 Å². The molecule has 1 unspecified atom stereocenters. The Morgan fingerprint density at radius 3 is 2.53 bits per heavy atom. The number of aromatic nitrogens is 3. The number of hydrogen-bond donors (Lipinski definition) is 1. The highest BCUT2D eigenvalue weighted by Gasteiger charge is 2.19. The van der Waals surface area contributed by atoms with Crippen LogP contribution in [-0.2, 0) is 11.8 Å². The van der Waals surface area contributed by atoms with Gasteiger partial charge < -0.3 is 14.6 Å². The number of carbonyl (C=O) groups excluding carboxylic acids is 1. The lowest BCUT2D eigenvalue weighted by Crippen LogP contribution is -2.15. The Kier molecular flexibility index (Phi) is 7.52. The van der Waals surface area contributed by atoms with Gasteiger partial charge in [-0.1, -0.05) is 52.6 Å². The lowest BCUT2D eigenvalue weighted by atomic mass is 10.2. The van der Waals surface area contributed by atoms with Crippen molar-refractivity contribution in [1.82, 2.24) is 14.8 Å². The molecule has 1 N–H and O–H groups in total. The van der Waals surface area contributed by atoms with Gasteiger partial charge in [-0.2, -0.15) is 0 Å². The second kappa shape index (κ2) is 9.92. The third-order valence-corrected chi connectivity index (χ3v) is 6.31. The van der Waals surface area contributed by atoms with Gasteiger partial charge in [-0.25, -0.2) is 0 Å². The van der Waals surface area contributed by atoms with E-state index in [0.29, 0.717) is 37.5 Å². The molecule has 0 aliphatic carbocycles. The fourth-order valence-corrected chi connectivity index (χ4v) is 4.00. The van der Waals surface area contributed by atoms with E-state index < -0.39 is 0 Å². The van der Waals surface area contributed by atoms with Gasteiger partial charge in [0.25, 0.3) is 0 Å². The lowest BCUT2D eigenvalue weighted by molar-refractivity contribution is -0.113. The van der Waals surface area contributed by atoms with Gasteiger partial charge in [-0.15, -0.1) is 10.2 Å². The number of thioether (sulfide) groups is 1. The van der Waals surface area contributed by atoms with Crippen LogP contribution in [0.25, 0.3) is 0 Å². The quantitative estimate of drug-likeness (QED) is 0.418. The predicted molar refractivity (Wildman–Crippen MR) is 122 cm³/mol. The van der Waals surface area contributed by atoms with Gasteiger partial charge in [0.2, 0.25) is 5.91 Å². The van der Waals surface area contributed by atoms with Crippen molar-refractivity contribution in [1.29, 1.82) is 0 Å². The van der Waals surface area contributed by atoms with E-state index in [2.05, 4.69) is 15.5 Å². The maximum atomic E-state index is 12.3. The van der Waals surface area contributed by atoms with E-state index in [1.54, 1.807) is 28.8 Å². The van der Waals surface area contributed by atoms with E-state index in [9.17, 15) is 4.79 Å². The van der Waals surface area contributed by atoms with Gasteiger partial charge in [0, 0.05) is 12.1 Å². The molecule has 0 fully saturated rings. The zero-order valence-corrected chi connectivity index (χ0v) is 19.5. The molecule has 0 aliphatic rings. The van der Waals surface area contributed by atoms with Gasteiger partial charge in [0.15, 0.2) is 17.1 Å². The van der Waals surface area contributed by atoms with Crippen molar-refractivity contribution in [3.63, 3.8) is 0 Å². The van der Waals surface area contributed by atoms with Crippen LogP contribution in [0, 0.1) is 6.92 Å². The molecule has 30 heavy (non-hydrogen) atoms. The number of ether oxygens (including phenoxy) is 1. The molecule has 1 aromatic heterocycles. The molecule has 158 valence electrons. The maximum Gasteiger partial charge on any atom is 0.234 e. The zero-order chi connectivity index (χ0) is 21.8. The Morgan fingerprint density at radius 2 is 1.87 bits per heavy atom. The number of nitrogens with zero attached hydrogens (tertiary/aromatic N) is 3. The first kappa shape index (κ1) is 22.7. The average molecular weight is 486 g/mol. The molecule has 0 radical (unpaired) electrons. The summed E-state index contributed by atoms with van der Waals surface area (Å²) in [5.74, 6) is 1.21. The Labute approximate surface area is 193 Å². The molecule has 1 atom stereocenters. The molecule has 10 heteroatoms. The maximum absolute atomic E-state index is 12.3. The minimum absolute atomic E-state index is 0.124. The SMILES string of the molecule is Cc1cc(OC(C)c2nnc(SCC(=O)Nc3c(Cl)cccc3Cl)n2C)ccc1Cl. The molecular weight excluding hydrogens is 467 g/mol. The number of hydrogen-bond acceptors (Lipinski definition) is 5. The number of anilines is 1. The van der Waals surface area contributed by atoms with Gasteiger partial charge >= 0.3 is 0 Å². The van der Waals surface area contributed by atoms with Crippen molar-refractivity contribution < 1.29 is 9.53 Å².